The summed E-state index contributed by atoms with van der Waals surface area (Å²) in [6.45, 7) is 4.54. The van der Waals surface area contributed by atoms with Gasteiger partial charge >= 0.3 is 0 Å². The molecule has 1 fully saturated rings. The molecule has 3 atom stereocenters. The molecule has 1 aromatic carbocycles. The molecule has 106 valence electrons. The Hall–Kier alpha value is -1.17. The van der Waals surface area contributed by atoms with Crippen molar-refractivity contribution in [2.24, 2.45) is 0 Å². The molecule has 1 saturated heterocycles. The second-order valence-electron chi connectivity index (χ2n) is 5.17. The Morgan fingerprint density at radius 1 is 1.58 bits per heavy atom. The van der Waals surface area contributed by atoms with Gasteiger partial charge in [-0.25, -0.2) is 4.39 Å². The fourth-order valence-electron chi connectivity index (χ4n) is 2.31. The molecule has 0 aromatic heterocycles. The third-order valence-corrected chi connectivity index (χ3v) is 3.82. The molecule has 4 nitrogen and oxygen atoms in total. The highest BCUT2D eigenvalue weighted by Crippen LogP contribution is 2.26. The summed E-state index contributed by atoms with van der Waals surface area (Å²) in [5, 5.41) is 22.6. The number of phenolic OH excluding ortho intramolecular Hbond substituents is 1. The Bertz CT molecular complexity index is 454. The summed E-state index contributed by atoms with van der Waals surface area (Å²) >= 11 is 0. The fourth-order valence-corrected chi connectivity index (χ4v) is 2.31. The van der Waals surface area contributed by atoms with Gasteiger partial charge in [-0.05, 0) is 19.9 Å². The van der Waals surface area contributed by atoms with Crippen LogP contribution in [0.25, 0.3) is 0 Å². The minimum Gasteiger partial charge on any atom is -0.508 e. The van der Waals surface area contributed by atoms with Crippen molar-refractivity contribution < 1.29 is 19.3 Å². The number of benzene rings is 1. The average Bonchev–Trinajstić information content (AvgIpc) is 2.67. The first kappa shape index (κ1) is 14.2. The molecule has 1 aromatic rings. The predicted octanol–water partition coefficient (Wildman–Crippen LogP) is 1.72. The minimum atomic E-state index is -0.901. The standard InChI is InChI=1S/C14H20FNO3/c1-9(12-4-3-11(17)7-13(12)15)16-8-14(18)5-6-19-10(14)2/h3-4,7,9-10,16-18H,5-6,8H2,1-2H3. The van der Waals surface area contributed by atoms with Gasteiger partial charge in [-0.1, -0.05) is 6.07 Å². The first-order chi connectivity index (χ1) is 8.92. The summed E-state index contributed by atoms with van der Waals surface area (Å²) in [6, 6.07) is 3.83. The van der Waals surface area contributed by atoms with Crippen LogP contribution in [0.1, 0.15) is 31.9 Å². The molecule has 0 bridgehead atoms. The number of rotatable bonds is 4. The van der Waals surface area contributed by atoms with Crippen LogP contribution in [0.15, 0.2) is 18.2 Å². The van der Waals surface area contributed by atoms with Gasteiger partial charge in [0, 0.05) is 37.2 Å². The summed E-state index contributed by atoms with van der Waals surface area (Å²) in [5.74, 6) is -0.549. The monoisotopic (exact) mass is 269 g/mol. The van der Waals surface area contributed by atoms with Crippen LogP contribution in [0.2, 0.25) is 0 Å². The topological polar surface area (TPSA) is 61.7 Å². The van der Waals surface area contributed by atoms with Crippen LogP contribution in [0, 0.1) is 5.82 Å². The summed E-state index contributed by atoms with van der Waals surface area (Å²) < 4.78 is 19.0. The van der Waals surface area contributed by atoms with Crippen molar-refractivity contribution in [2.45, 2.75) is 38.0 Å². The van der Waals surface area contributed by atoms with Gasteiger partial charge in [0.05, 0.1) is 6.10 Å². The van der Waals surface area contributed by atoms with Crippen molar-refractivity contribution in [1.82, 2.24) is 5.32 Å². The molecule has 1 heterocycles. The lowest BCUT2D eigenvalue weighted by Gasteiger charge is -2.28. The van der Waals surface area contributed by atoms with Gasteiger partial charge in [-0.15, -0.1) is 0 Å². The lowest BCUT2D eigenvalue weighted by molar-refractivity contribution is -0.0274. The molecular weight excluding hydrogens is 249 g/mol. The lowest BCUT2D eigenvalue weighted by Crippen LogP contribution is -2.46. The molecule has 1 aliphatic heterocycles. The second kappa shape index (κ2) is 5.45. The Morgan fingerprint density at radius 2 is 2.32 bits per heavy atom. The van der Waals surface area contributed by atoms with Crippen LogP contribution in [0.4, 0.5) is 4.39 Å². The molecule has 0 spiro atoms. The summed E-state index contributed by atoms with van der Waals surface area (Å²) in [4.78, 5) is 0. The third-order valence-electron chi connectivity index (χ3n) is 3.82. The highest BCUT2D eigenvalue weighted by atomic mass is 19.1. The largest absolute Gasteiger partial charge is 0.508 e. The van der Waals surface area contributed by atoms with Crippen molar-refractivity contribution in [3.63, 3.8) is 0 Å². The zero-order valence-corrected chi connectivity index (χ0v) is 11.2. The normalized spacial score (nSPS) is 28.5. The van der Waals surface area contributed by atoms with E-state index in [1.54, 1.807) is 6.07 Å². The van der Waals surface area contributed by atoms with Crippen LogP contribution in [-0.2, 0) is 4.74 Å². The van der Waals surface area contributed by atoms with Crippen LogP contribution >= 0.6 is 0 Å². The van der Waals surface area contributed by atoms with E-state index in [0.29, 0.717) is 25.1 Å². The van der Waals surface area contributed by atoms with E-state index in [-0.39, 0.29) is 17.9 Å². The maximum atomic E-state index is 13.7. The Labute approximate surface area is 112 Å². The van der Waals surface area contributed by atoms with E-state index in [2.05, 4.69) is 5.32 Å². The van der Waals surface area contributed by atoms with Gasteiger partial charge in [0.1, 0.15) is 17.2 Å². The molecule has 3 N–H and O–H groups in total. The lowest BCUT2D eigenvalue weighted by atomic mass is 9.96. The van der Waals surface area contributed by atoms with Crippen LogP contribution in [-0.4, -0.2) is 35.1 Å². The average molecular weight is 269 g/mol. The molecule has 0 amide bonds. The smallest absolute Gasteiger partial charge is 0.131 e. The van der Waals surface area contributed by atoms with E-state index in [1.165, 1.54) is 6.07 Å². The van der Waals surface area contributed by atoms with E-state index in [0.717, 1.165) is 6.07 Å². The van der Waals surface area contributed by atoms with Gasteiger partial charge in [0.25, 0.3) is 0 Å². The van der Waals surface area contributed by atoms with Crippen LogP contribution in [0.5, 0.6) is 5.75 Å². The number of hydrogen-bond donors (Lipinski definition) is 3. The van der Waals surface area contributed by atoms with Crippen molar-refractivity contribution in [1.29, 1.82) is 0 Å². The molecular formula is C14H20FNO3. The van der Waals surface area contributed by atoms with Gasteiger partial charge < -0.3 is 20.3 Å². The van der Waals surface area contributed by atoms with Gasteiger partial charge in [-0.2, -0.15) is 0 Å². The highest BCUT2D eigenvalue weighted by Gasteiger charge is 2.39. The maximum Gasteiger partial charge on any atom is 0.131 e. The van der Waals surface area contributed by atoms with Crippen LogP contribution < -0.4 is 5.32 Å². The van der Waals surface area contributed by atoms with E-state index in [9.17, 15) is 14.6 Å². The number of ether oxygens (including phenoxy) is 1. The summed E-state index contributed by atoms with van der Waals surface area (Å²) in [5.41, 5.74) is -0.435. The van der Waals surface area contributed by atoms with Crippen molar-refractivity contribution in [3.8, 4) is 5.75 Å². The van der Waals surface area contributed by atoms with Gasteiger partial charge in [-0.3, -0.25) is 0 Å². The highest BCUT2D eigenvalue weighted by molar-refractivity contribution is 5.29. The van der Waals surface area contributed by atoms with E-state index >= 15 is 0 Å². The number of aliphatic hydroxyl groups is 1. The minimum absolute atomic E-state index is 0.0927. The third kappa shape index (κ3) is 3.05. The molecule has 5 heteroatoms. The predicted molar refractivity (Wildman–Crippen MR) is 69.5 cm³/mol. The SMILES string of the molecule is CC(NCC1(O)CCOC1C)c1ccc(O)cc1F. The first-order valence-electron chi connectivity index (χ1n) is 6.48. The number of nitrogens with one attached hydrogen (secondary N) is 1. The Balaban J connectivity index is 1.99. The summed E-state index contributed by atoms with van der Waals surface area (Å²) in [7, 11) is 0. The summed E-state index contributed by atoms with van der Waals surface area (Å²) in [6.07, 6.45) is 0.350. The zero-order chi connectivity index (χ0) is 14.0. The van der Waals surface area contributed by atoms with Crippen molar-refractivity contribution >= 4 is 0 Å². The maximum absolute atomic E-state index is 13.7. The first-order valence-corrected chi connectivity index (χ1v) is 6.48. The zero-order valence-electron chi connectivity index (χ0n) is 11.2. The molecule has 0 saturated carbocycles. The van der Waals surface area contributed by atoms with Gasteiger partial charge in [0.2, 0.25) is 0 Å². The van der Waals surface area contributed by atoms with Crippen molar-refractivity contribution in [3.05, 3.63) is 29.6 Å². The molecule has 1 aliphatic rings. The van der Waals surface area contributed by atoms with Crippen molar-refractivity contribution in [2.75, 3.05) is 13.2 Å². The molecule has 0 aliphatic carbocycles. The number of halogens is 1. The van der Waals surface area contributed by atoms with E-state index in [1.807, 2.05) is 13.8 Å². The number of phenols is 1. The molecule has 3 unspecified atom stereocenters. The molecule has 0 radical (unpaired) electrons. The number of aromatic hydroxyl groups is 1. The second-order valence-corrected chi connectivity index (χ2v) is 5.17. The van der Waals surface area contributed by atoms with Gasteiger partial charge in [0.15, 0.2) is 0 Å². The van der Waals surface area contributed by atoms with E-state index in [4.69, 9.17) is 4.74 Å². The fraction of sp³-hybridized carbons (Fsp3) is 0.571. The number of hydrogen-bond acceptors (Lipinski definition) is 4. The quantitative estimate of drug-likeness (QED) is 0.779. The molecule has 2 rings (SSSR count). The molecule has 19 heavy (non-hydrogen) atoms. The Kier molecular flexibility index (Phi) is 4.08. The van der Waals surface area contributed by atoms with E-state index < -0.39 is 11.4 Å². The van der Waals surface area contributed by atoms with Crippen LogP contribution in [0.3, 0.4) is 0 Å². The Morgan fingerprint density at radius 3 is 2.89 bits per heavy atom.